The molecule has 0 unspecified atom stereocenters. The Bertz CT molecular complexity index is 2060. The molecule has 11 heteroatoms. The zero-order valence-corrected chi connectivity index (χ0v) is 23.7. The monoisotopic (exact) mass is 584 g/mol. The predicted molar refractivity (Wildman–Crippen MR) is 159 cm³/mol. The van der Waals surface area contributed by atoms with E-state index in [4.69, 9.17) is 15.6 Å². The molecule has 4 heterocycles. The first-order valence-electron chi connectivity index (χ1n) is 13.7. The van der Waals surface area contributed by atoms with Gasteiger partial charge in [-0.3, -0.25) is 9.20 Å². The van der Waals surface area contributed by atoms with Crippen LogP contribution in [0.15, 0.2) is 65.0 Å². The van der Waals surface area contributed by atoms with Crippen LogP contribution >= 0.6 is 11.3 Å². The summed E-state index contributed by atoms with van der Waals surface area (Å²) in [6, 6.07) is 12.2. The Labute approximate surface area is 243 Å². The van der Waals surface area contributed by atoms with Gasteiger partial charge in [0.2, 0.25) is 0 Å². The number of fused-ring (bicyclic) bond motifs is 2. The summed E-state index contributed by atoms with van der Waals surface area (Å²) >= 11 is 1.45. The van der Waals surface area contributed by atoms with Gasteiger partial charge in [0, 0.05) is 16.6 Å². The number of nitrogens with two attached hydrogens (primary N) is 1. The van der Waals surface area contributed by atoms with E-state index in [0.29, 0.717) is 45.4 Å². The molecule has 4 aromatic heterocycles. The topological polar surface area (TPSA) is 100 Å². The van der Waals surface area contributed by atoms with E-state index in [0.717, 1.165) is 23.4 Å². The molecule has 1 fully saturated rings. The Morgan fingerprint density at radius 1 is 1.12 bits per heavy atom. The molecule has 1 atom stereocenters. The molecule has 0 radical (unpaired) electrons. The van der Waals surface area contributed by atoms with Crippen molar-refractivity contribution in [1.29, 1.82) is 0 Å². The third kappa shape index (κ3) is 4.32. The lowest BCUT2D eigenvalue weighted by Crippen LogP contribution is -2.22. The van der Waals surface area contributed by atoms with E-state index in [-0.39, 0.29) is 23.2 Å². The Hall–Kier alpha value is -4.64. The number of ether oxygens (including phenoxy) is 1. The number of aromatic nitrogens is 5. The number of nitrogen functional groups attached to an aromatic ring is 1. The SMILES string of the molecule is CC[C@@H](c1cc2scc(C)n2c(=O)c1-c1cccc(F)c1)n1nc(-c2ccc(OC3CC3)c(F)c2)c2c(N)ncnc21. The van der Waals surface area contributed by atoms with E-state index < -0.39 is 17.7 Å². The molecule has 0 saturated heterocycles. The zero-order chi connectivity index (χ0) is 29.1. The van der Waals surface area contributed by atoms with Crippen LogP contribution in [0, 0.1) is 18.6 Å². The maximum absolute atomic E-state index is 15.1. The Balaban J connectivity index is 1.46. The number of hydrogen-bond donors (Lipinski definition) is 1. The summed E-state index contributed by atoms with van der Waals surface area (Å²) in [6.45, 7) is 3.84. The van der Waals surface area contributed by atoms with Crippen LogP contribution in [-0.4, -0.2) is 30.3 Å². The summed E-state index contributed by atoms with van der Waals surface area (Å²) in [5, 5.41) is 7.32. The molecular formula is C31H26F2N6O2S. The second-order valence-electron chi connectivity index (χ2n) is 10.5. The fourth-order valence-electron chi connectivity index (χ4n) is 5.47. The summed E-state index contributed by atoms with van der Waals surface area (Å²) in [5.41, 5.74) is 9.75. The van der Waals surface area contributed by atoms with Gasteiger partial charge in [-0.25, -0.2) is 23.4 Å². The van der Waals surface area contributed by atoms with Crippen LogP contribution in [-0.2, 0) is 0 Å². The normalized spacial score (nSPS) is 14.1. The minimum absolute atomic E-state index is 0.0561. The average molecular weight is 585 g/mol. The summed E-state index contributed by atoms with van der Waals surface area (Å²) in [7, 11) is 0. The maximum atomic E-state index is 15.1. The summed E-state index contributed by atoms with van der Waals surface area (Å²) < 4.78 is 38.6. The van der Waals surface area contributed by atoms with Crippen molar-refractivity contribution in [3.63, 3.8) is 0 Å². The highest BCUT2D eigenvalue weighted by Gasteiger charge is 2.28. The molecule has 7 rings (SSSR count). The van der Waals surface area contributed by atoms with Crippen molar-refractivity contribution < 1.29 is 13.5 Å². The van der Waals surface area contributed by atoms with Crippen LogP contribution in [0.2, 0.25) is 0 Å². The number of halogens is 2. The molecule has 0 spiro atoms. The van der Waals surface area contributed by atoms with Crippen LogP contribution in [0.25, 0.3) is 38.2 Å². The minimum Gasteiger partial charge on any atom is -0.487 e. The second kappa shape index (κ2) is 10.0. The van der Waals surface area contributed by atoms with Gasteiger partial charge < -0.3 is 10.5 Å². The van der Waals surface area contributed by atoms with Crippen molar-refractivity contribution in [3.8, 4) is 28.1 Å². The molecule has 42 heavy (non-hydrogen) atoms. The maximum Gasteiger partial charge on any atom is 0.264 e. The van der Waals surface area contributed by atoms with E-state index >= 15 is 4.39 Å². The molecule has 2 N–H and O–H groups in total. The lowest BCUT2D eigenvalue weighted by atomic mass is 9.95. The van der Waals surface area contributed by atoms with Crippen LogP contribution in [0.1, 0.15) is 43.5 Å². The van der Waals surface area contributed by atoms with Crippen LogP contribution in [0.4, 0.5) is 14.6 Å². The molecule has 212 valence electrons. The van der Waals surface area contributed by atoms with Crippen molar-refractivity contribution in [3.05, 3.63) is 93.5 Å². The molecule has 8 nitrogen and oxygen atoms in total. The van der Waals surface area contributed by atoms with Gasteiger partial charge in [0.05, 0.1) is 23.1 Å². The number of aryl methyl sites for hydroxylation is 1. The van der Waals surface area contributed by atoms with Gasteiger partial charge in [-0.1, -0.05) is 19.1 Å². The zero-order valence-electron chi connectivity index (χ0n) is 22.8. The number of nitrogens with zero attached hydrogens (tertiary/aromatic N) is 5. The second-order valence-corrected chi connectivity index (χ2v) is 11.4. The lowest BCUT2D eigenvalue weighted by Gasteiger charge is -2.21. The highest BCUT2D eigenvalue weighted by Crippen LogP contribution is 2.39. The number of hydrogen-bond acceptors (Lipinski definition) is 7. The van der Waals surface area contributed by atoms with Gasteiger partial charge in [0.15, 0.2) is 17.2 Å². The standard InChI is InChI=1S/C31H26F2N6O2S/c1-3-23(21-13-25-38(16(2)14-42-25)31(40)26(21)17-5-4-6-19(32)11-17)39-30-27(29(34)35-15-36-30)28(37-39)18-7-10-24(22(33)12-18)41-20-8-9-20/h4-7,10-15,20,23H,3,8-9H2,1-2H3,(H2,34,35,36)/t23-/m0/s1. The molecule has 1 aliphatic carbocycles. The smallest absolute Gasteiger partial charge is 0.264 e. The predicted octanol–water partition coefficient (Wildman–Crippen LogP) is 6.54. The van der Waals surface area contributed by atoms with Crippen LogP contribution < -0.4 is 16.0 Å². The van der Waals surface area contributed by atoms with E-state index in [1.54, 1.807) is 33.3 Å². The Morgan fingerprint density at radius 3 is 2.69 bits per heavy atom. The van der Waals surface area contributed by atoms with Gasteiger partial charge in [0.25, 0.3) is 5.56 Å². The van der Waals surface area contributed by atoms with E-state index in [1.807, 2.05) is 25.3 Å². The molecule has 1 saturated carbocycles. The summed E-state index contributed by atoms with van der Waals surface area (Å²) in [5.74, 6) is -0.545. The number of thiazole rings is 1. The van der Waals surface area contributed by atoms with Gasteiger partial charge in [0.1, 0.15) is 28.5 Å². The summed E-state index contributed by atoms with van der Waals surface area (Å²) in [6.07, 6.45) is 3.76. The molecule has 2 aromatic carbocycles. The molecule has 0 amide bonds. The van der Waals surface area contributed by atoms with E-state index in [2.05, 4.69) is 9.97 Å². The molecule has 0 bridgehead atoms. The average Bonchev–Trinajstić information content (AvgIpc) is 3.59. The Morgan fingerprint density at radius 2 is 1.95 bits per heavy atom. The number of pyridine rings is 1. The number of anilines is 1. The first-order chi connectivity index (χ1) is 20.3. The van der Waals surface area contributed by atoms with Gasteiger partial charge >= 0.3 is 0 Å². The van der Waals surface area contributed by atoms with Gasteiger partial charge in [-0.2, -0.15) is 5.10 Å². The van der Waals surface area contributed by atoms with E-state index in [9.17, 15) is 9.18 Å². The van der Waals surface area contributed by atoms with Crippen molar-refractivity contribution >= 4 is 33.0 Å². The van der Waals surface area contributed by atoms with Crippen molar-refractivity contribution in [1.82, 2.24) is 24.1 Å². The molecule has 1 aliphatic rings. The molecule has 0 aliphatic heterocycles. The van der Waals surface area contributed by atoms with E-state index in [1.165, 1.54) is 35.9 Å². The lowest BCUT2D eigenvalue weighted by molar-refractivity contribution is 0.287. The minimum atomic E-state index is -0.496. The Kier molecular flexibility index (Phi) is 6.27. The molecule has 6 aromatic rings. The largest absolute Gasteiger partial charge is 0.487 e. The van der Waals surface area contributed by atoms with Crippen molar-refractivity contribution in [2.75, 3.05) is 5.73 Å². The first kappa shape index (κ1) is 26.3. The fourth-order valence-corrected chi connectivity index (χ4v) is 6.39. The van der Waals surface area contributed by atoms with Gasteiger partial charge in [-0.15, -0.1) is 11.3 Å². The first-order valence-corrected chi connectivity index (χ1v) is 14.6. The fraction of sp³-hybridized carbons (Fsp3) is 0.226. The molecular weight excluding hydrogens is 558 g/mol. The van der Waals surface area contributed by atoms with Gasteiger partial charge in [-0.05, 0) is 73.7 Å². The highest BCUT2D eigenvalue weighted by molar-refractivity contribution is 7.15. The number of rotatable bonds is 7. The quantitative estimate of drug-likeness (QED) is 0.229. The highest BCUT2D eigenvalue weighted by atomic mass is 32.1. The van der Waals surface area contributed by atoms with Crippen LogP contribution in [0.5, 0.6) is 5.75 Å². The number of benzene rings is 2. The third-order valence-corrected chi connectivity index (χ3v) is 8.60. The van der Waals surface area contributed by atoms with Crippen molar-refractivity contribution in [2.45, 2.75) is 45.3 Å². The van der Waals surface area contributed by atoms with Crippen LogP contribution in [0.3, 0.4) is 0 Å². The van der Waals surface area contributed by atoms with Crippen molar-refractivity contribution in [2.24, 2.45) is 0 Å². The third-order valence-electron chi connectivity index (χ3n) is 7.60. The summed E-state index contributed by atoms with van der Waals surface area (Å²) in [4.78, 5) is 23.5.